The molecule has 1 heterocycles. The highest BCUT2D eigenvalue weighted by atomic mass is 35.5. The first kappa shape index (κ1) is 17.7. The molecule has 0 spiro atoms. The van der Waals surface area contributed by atoms with Gasteiger partial charge in [0.15, 0.2) is 11.6 Å². The van der Waals surface area contributed by atoms with E-state index in [0.29, 0.717) is 11.5 Å². The average molecular weight is 317 g/mol. The molecule has 0 bridgehead atoms. The van der Waals surface area contributed by atoms with Gasteiger partial charge in [0, 0.05) is 12.6 Å². The number of benzene rings is 1. The van der Waals surface area contributed by atoms with Crippen molar-refractivity contribution < 1.29 is 13.9 Å². The molecule has 1 aliphatic rings. The second-order valence-electron chi connectivity index (χ2n) is 5.29. The molecule has 6 heteroatoms. The van der Waals surface area contributed by atoms with E-state index in [2.05, 4.69) is 17.6 Å². The van der Waals surface area contributed by atoms with Crippen molar-refractivity contribution in [1.82, 2.24) is 10.6 Å². The van der Waals surface area contributed by atoms with Crippen LogP contribution in [0.15, 0.2) is 18.2 Å². The van der Waals surface area contributed by atoms with Gasteiger partial charge in [-0.3, -0.25) is 4.79 Å². The molecule has 2 N–H and O–H groups in total. The second kappa shape index (κ2) is 8.20. The summed E-state index contributed by atoms with van der Waals surface area (Å²) in [5.41, 5.74) is 0.650. The van der Waals surface area contributed by atoms with Crippen molar-refractivity contribution >= 4 is 18.3 Å². The van der Waals surface area contributed by atoms with Gasteiger partial charge in [-0.15, -0.1) is 12.4 Å². The molecular formula is C15H22ClFN2O2. The third-order valence-corrected chi connectivity index (χ3v) is 3.75. The van der Waals surface area contributed by atoms with E-state index >= 15 is 0 Å². The third-order valence-electron chi connectivity index (χ3n) is 3.75. The molecule has 0 radical (unpaired) electrons. The highest BCUT2D eigenvalue weighted by Gasteiger charge is 2.22. The van der Waals surface area contributed by atoms with E-state index in [1.807, 2.05) is 0 Å². The van der Waals surface area contributed by atoms with Gasteiger partial charge in [0.2, 0.25) is 5.91 Å². The van der Waals surface area contributed by atoms with Crippen molar-refractivity contribution in [3.8, 4) is 5.75 Å². The Labute approximate surface area is 130 Å². The number of carbonyl (C=O) groups is 1. The summed E-state index contributed by atoms with van der Waals surface area (Å²) in [6, 6.07) is 4.76. The molecule has 1 aromatic rings. The lowest BCUT2D eigenvalue weighted by Gasteiger charge is -2.30. The SMILES string of the molecule is COc1ccc(CC(=O)NC2CNCCC2C)cc1F.Cl. The number of nitrogens with one attached hydrogen (secondary N) is 2. The van der Waals surface area contributed by atoms with Gasteiger partial charge >= 0.3 is 0 Å². The number of ether oxygens (including phenoxy) is 1. The van der Waals surface area contributed by atoms with Gasteiger partial charge in [0.05, 0.1) is 13.5 Å². The van der Waals surface area contributed by atoms with Gasteiger partial charge < -0.3 is 15.4 Å². The van der Waals surface area contributed by atoms with E-state index in [1.54, 1.807) is 12.1 Å². The smallest absolute Gasteiger partial charge is 0.224 e. The Morgan fingerprint density at radius 2 is 2.29 bits per heavy atom. The van der Waals surface area contributed by atoms with Crippen LogP contribution in [0.25, 0.3) is 0 Å². The van der Waals surface area contributed by atoms with E-state index in [-0.39, 0.29) is 36.5 Å². The van der Waals surface area contributed by atoms with Gasteiger partial charge in [-0.1, -0.05) is 13.0 Å². The lowest BCUT2D eigenvalue weighted by Crippen LogP contribution is -2.50. The Morgan fingerprint density at radius 1 is 1.52 bits per heavy atom. The topological polar surface area (TPSA) is 50.4 Å². The number of hydrogen-bond acceptors (Lipinski definition) is 3. The maximum atomic E-state index is 13.6. The predicted octanol–water partition coefficient (Wildman–Crippen LogP) is 1.91. The Bertz CT molecular complexity index is 485. The zero-order valence-electron chi connectivity index (χ0n) is 12.3. The van der Waals surface area contributed by atoms with Crippen LogP contribution in [0.5, 0.6) is 5.75 Å². The molecule has 1 amide bonds. The summed E-state index contributed by atoms with van der Waals surface area (Å²) in [6.45, 7) is 3.93. The Hall–Kier alpha value is -1.33. The highest BCUT2D eigenvalue weighted by Crippen LogP contribution is 2.18. The van der Waals surface area contributed by atoms with Crippen molar-refractivity contribution in [2.75, 3.05) is 20.2 Å². The first-order valence-electron chi connectivity index (χ1n) is 6.92. The lowest BCUT2D eigenvalue weighted by atomic mass is 9.94. The van der Waals surface area contributed by atoms with E-state index in [9.17, 15) is 9.18 Å². The zero-order valence-corrected chi connectivity index (χ0v) is 13.1. The fraction of sp³-hybridized carbons (Fsp3) is 0.533. The zero-order chi connectivity index (χ0) is 14.5. The van der Waals surface area contributed by atoms with Gasteiger partial charge in [-0.25, -0.2) is 4.39 Å². The minimum atomic E-state index is -0.439. The predicted molar refractivity (Wildman–Crippen MR) is 82.5 cm³/mol. The molecule has 21 heavy (non-hydrogen) atoms. The molecule has 2 unspecified atom stereocenters. The Morgan fingerprint density at radius 3 is 2.90 bits per heavy atom. The largest absolute Gasteiger partial charge is 0.494 e. The van der Waals surface area contributed by atoms with E-state index in [4.69, 9.17) is 4.74 Å². The number of methoxy groups -OCH3 is 1. The maximum Gasteiger partial charge on any atom is 0.224 e. The summed E-state index contributed by atoms with van der Waals surface area (Å²) >= 11 is 0. The summed E-state index contributed by atoms with van der Waals surface area (Å²) < 4.78 is 18.4. The molecule has 0 aromatic heterocycles. The summed E-state index contributed by atoms with van der Waals surface area (Å²) in [6.07, 6.45) is 1.24. The van der Waals surface area contributed by atoms with Gasteiger partial charge in [-0.05, 0) is 36.6 Å². The quantitative estimate of drug-likeness (QED) is 0.892. The van der Waals surface area contributed by atoms with E-state index in [1.165, 1.54) is 13.2 Å². The molecule has 1 saturated heterocycles. The van der Waals surface area contributed by atoms with Crippen molar-refractivity contribution in [1.29, 1.82) is 0 Å². The number of amides is 1. The second-order valence-corrected chi connectivity index (χ2v) is 5.29. The molecule has 2 rings (SSSR count). The molecule has 2 atom stereocenters. The Balaban J connectivity index is 0.00000220. The standard InChI is InChI=1S/C15H21FN2O2.ClH/c1-10-5-6-17-9-13(10)18-15(19)8-11-3-4-14(20-2)12(16)7-11;/h3-4,7,10,13,17H,5-6,8-9H2,1-2H3,(H,18,19);1H. The van der Waals surface area contributed by atoms with Crippen LogP contribution in [-0.4, -0.2) is 32.1 Å². The van der Waals surface area contributed by atoms with Crippen LogP contribution in [0.2, 0.25) is 0 Å². The number of halogens is 2. The number of hydrogen-bond donors (Lipinski definition) is 2. The van der Waals surface area contributed by atoms with Crippen molar-refractivity contribution in [2.45, 2.75) is 25.8 Å². The molecule has 1 fully saturated rings. The summed E-state index contributed by atoms with van der Waals surface area (Å²) in [4.78, 5) is 12.0. The van der Waals surface area contributed by atoms with Crippen LogP contribution in [-0.2, 0) is 11.2 Å². The van der Waals surface area contributed by atoms with E-state index in [0.717, 1.165) is 19.5 Å². The first-order chi connectivity index (χ1) is 9.60. The molecule has 0 saturated carbocycles. The Kier molecular flexibility index (Phi) is 6.92. The minimum absolute atomic E-state index is 0. The van der Waals surface area contributed by atoms with Gasteiger partial charge in [-0.2, -0.15) is 0 Å². The summed E-state index contributed by atoms with van der Waals surface area (Å²) in [5, 5.41) is 6.28. The number of piperidine rings is 1. The monoisotopic (exact) mass is 316 g/mol. The van der Waals surface area contributed by atoms with Crippen LogP contribution in [0.3, 0.4) is 0 Å². The maximum absolute atomic E-state index is 13.6. The van der Waals surface area contributed by atoms with Gasteiger partial charge in [0.1, 0.15) is 0 Å². The van der Waals surface area contributed by atoms with Crippen molar-refractivity contribution in [3.63, 3.8) is 0 Å². The molecule has 0 aliphatic carbocycles. The van der Waals surface area contributed by atoms with Crippen molar-refractivity contribution in [2.24, 2.45) is 5.92 Å². The molecule has 118 valence electrons. The first-order valence-corrected chi connectivity index (χ1v) is 6.92. The molecule has 1 aromatic carbocycles. The van der Waals surface area contributed by atoms with Crippen LogP contribution >= 0.6 is 12.4 Å². The number of rotatable bonds is 4. The van der Waals surface area contributed by atoms with Gasteiger partial charge in [0.25, 0.3) is 0 Å². The van der Waals surface area contributed by atoms with E-state index < -0.39 is 5.82 Å². The minimum Gasteiger partial charge on any atom is -0.494 e. The fourth-order valence-electron chi connectivity index (χ4n) is 2.45. The van der Waals surface area contributed by atoms with Crippen LogP contribution in [0.1, 0.15) is 18.9 Å². The summed E-state index contributed by atoms with van der Waals surface area (Å²) in [7, 11) is 1.42. The van der Waals surface area contributed by atoms with Crippen molar-refractivity contribution in [3.05, 3.63) is 29.6 Å². The highest BCUT2D eigenvalue weighted by molar-refractivity contribution is 5.85. The lowest BCUT2D eigenvalue weighted by molar-refractivity contribution is -0.121. The normalized spacial score (nSPS) is 21.3. The third kappa shape index (κ3) is 4.86. The van der Waals surface area contributed by atoms with Crippen LogP contribution in [0.4, 0.5) is 4.39 Å². The molecule has 4 nitrogen and oxygen atoms in total. The van der Waals surface area contributed by atoms with Crippen LogP contribution < -0.4 is 15.4 Å². The molecular weight excluding hydrogens is 295 g/mol. The summed E-state index contributed by atoms with van der Waals surface area (Å²) in [5.74, 6) is 0.146. The molecule has 1 aliphatic heterocycles. The number of carbonyl (C=O) groups excluding carboxylic acids is 1. The fourth-order valence-corrected chi connectivity index (χ4v) is 2.45. The van der Waals surface area contributed by atoms with Crippen LogP contribution in [0, 0.1) is 11.7 Å². The average Bonchev–Trinajstić information content (AvgIpc) is 2.41.